The lowest BCUT2D eigenvalue weighted by atomic mass is 10.0. The highest BCUT2D eigenvalue weighted by Crippen LogP contribution is 2.23. The van der Waals surface area contributed by atoms with Gasteiger partial charge in [0, 0.05) is 44.0 Å². The molecule has 2 fully saturated rings. The van der Waals surface area contributed by atoms with Gasteiger partial charge in [0.05, 0.1) is 17.8 Å². The number of hydrogen-bond acceptors (Lipinski definition) is 5. The molecule has 7 nitrogen and oxygen atoms in total. The fraction of sp³-hybridized carbons (Fsp3) is 0.304. The summed E-state index contributed by atoms with van der Waals surface area (Å²) in [5, 5.41) is 1.11. The topological polar surface area (TPSA) is 69.6 Å². The minimum absolute atomic E-state index is 0.000924. The quantitative estimate of drug-likeness (QED) is 0.665. The summed E-state index contributed by atoms with van der Waals surface area (Å²) in [7, 11) is 0. The third-order valence-corrected chi connectivity index (χ3v) is 5.90. The van der Waals surface area contributed by atoms with E-state index in [-0.39, 0.29) is 18.4 Å². The molecule has 3 aromatic rings. The Morgan fingerprint density at radius 1 is 0.900 bits per heavy atom. The van der Waals surface area contributed by atoms with Crippen LogP contribution in [-0.4, -0.2) is 68.7 Å². The van der Waals surface area contributed by atoms with Gasteiger partial charge in [-0.15, -0.1) is 0 Å². The van der Waals surface area contributed by atoms with E-state index in [0.717, 1.165) is 28.7 Å². The van der Waals surface area contributed by atoms with Crippen LogP contribution in [0.4, 0.5) is 0 Å². The molecule has 7 heteroatoms. The van der Waals surface area contributed by atoms with E-state index in [9.17, 15) is 9.59 Å². The molecular formula is C23H23N5O2. The number of carbonyl (C=O) groups is 2. The van der Waals surface area contributed by atoms with Crippen molar-refractivity contribution in [1.82, 2.24) is 24.7 Å². The summed E-state index contributed by atoms with van der Waals surface area (Å²) in [5.74, 6) is 0.0167. The first-order chi connectivity index (χ1) is 14.7. The second-order valence-electron chi connectivity index (χ2n) is 7.85. The monoisotopic (exact) mass is 401 g/mol. The van der Waals surface area contributed by atoms with Crippen LogP contribution < -0.4 is 0 Å². The molecular weight excluding hydrogens is 378 g/mol. The van der Waals surface area contributed by atoms with E-state index in [2.05, 4.69) is 33.1 Å². The number of rotatable bonds is 4. The van der Waals surface area contributed by atoms with Gasteiger partial charge in [-0.3, -0.25) is 24.5 Å². The lowest BCUT2D eigenvalue weighted by Gasteiger charge is -2.46. The number of benzene rings is 1. The van der Waals surface area contributed by atoms with E-state index >= 15 is 0 Å². The van der Waals surface area contributed by atoms with Crippen LogP contribution in [-0.2, 0) is 22.7 Å². The first-order valence-corrected chi connectivity index (χ1v) is 10.2. The van der Waals surface area contributed by atoms with Crippen LogP contribution in [0, 0.1) is 0 Å². The Balaban J connectivity index is 1.33. The fourth-order valence-corrected chi connectivity index (χ4v) is 4.39. The van der Waals surface area contributed by atoms with Crippen LogP contribution in [0.15, 0.2) is 60.9 Å². The Hall–Kier alpha value is -3.32. The average Bonchev–Trinajstić information content (AvgIpc) is 2.78. The minimum Gasteiger partial charge on any atom is -0.327 e. The van der Waals surface area contributed by atoms with Crippen LogP contribution >= 0.6 is 0 Å². The maximum Gasteiger partial charge on any atom is 0.247 e. The van der Waals surface area contributed by atoms with Crippen molar-refractivity contribution in [3.05, 3.63) is 72.2 Å². The van der Waals surface area contributed by atoms with Crippen molar-refractivity contribution in [1.29, 1.82) is 0 Å². The molecule has 2 aromatic heterocycles. The lowest BCUT2D eigenvalue weighted by molar-refractivity contribution is -0.160. The molecule has 0 bridgehead atoms. The number of hydrogen-bond donors (Lipinski definition) is 0. The summed E-state index contributed by atoms with van der Waals surface area (Å²) < 4.78 is 0. The molecule has 1 unspecified atom stereocenters. The van der Waals surface area contributed by atoms with Gasteiger partial charge >= 0.3 is 0 Å². The molecule has 2 amide bonds. The van der Waals surface area contributed by atoms with Crippen molar-refractivity contribution >= 4 is 22.7 Å². The Labute approximate surface area is 174 Å². The zero-order valence-corrected chi connectivity index (χ0v) is 16.6. The van der Waals surface area contributed by atoms with Crippen molar-refractivity contribution in [2.24, 2.45) is 0 Å². The average molecular weight is 401 g/mol. The fourth-order valence-electron chi connectivity index (χ4n) is 4.39. The maximum atomic E-state index is 13.2. The highest BCUT2D eigenvalue weighted by atomic mass is 16.2. The van der Waals surface area contributed by atoms with E-state index in [4.69, 9.17) is 0 Å². The Bertz CT molecular complexity index is 1080. The summed E-state index contributed by atoms with van der Waals surface area (Å²) in [5.41, 5.74) is 2.92. The molecule has 5 rings (SSSR count). The Morgan fingerprint density at radius 3 is 2.63 bits per heavy atom. The van der Waals surface area contributed by atoms with Gasteiger partial charge in [-0.1, -0.05) is 30.3 Å². The molecule has 1 atom stereocenters. The number of amides is 2. The third-order valence-electron chi connectivity index (χ3n) is 5.90. The number of carbonyl (C=O) groups excluding carboxylic acids is 2. The van der Waals surface area contributed by atoms with Gasteiger partial charge in [-0.25, -0.2) is 0 Å². The lowest BCUT2D eigenvalue weighted by Crippen LogP contribution is -2.66. The maximum absolute atomic E-state index is 13.2. The molecule has 0 spiro atoms. The molecule has 2 saturated heterocycles. The second-order valence-corrected chi connectivity index (χ2v) is 7.85. The van der Waals surface area contributed by atoms with Crippen LogP contribution in [0.2, 0.25) is 0 Å². The van der Waals surface area contributed by atoms with Crippen LogP contribution in [0.3, 0.4) is 0 Å². The Morgan fingerprint density at radius 2 is 1.77 bits per heavy atom. The van der Waals surface area contributed by atoms with Crippen molar-refractivity contribution in [2.75, 3.05) is 26.2 Å². The van der Waals surface area contributed by atoms with E-state index in [1.54, 1.807) is 16.0 Å². The third kappa shape index (κ3) is 3.52. The number of nitrogens with zero attached hydrogens (tertiary/aromatic N) is 5. The SMILES string of the molecule is O=C1C2CN(Cc3cccc4cccnc34)CCN2C(=O)CN1Cc1ccccn1. The molecule has 0 aliphatic carbocycles. The number of pyridine rings is 2. The molecule has 0 N–H and O–H groups in total. The largest absolute Gasteiger partial charge is 0.327 e. The molecule has 2 aliphatic heterocycles. The zero-order chi connectivity index (χ0) is 20.5. The van der Waals surface area contributed by atoms with Crippen LogP contribution in [0.25, 0.3) is 10.9 Å². The van der Waals surface area contributed by atoms with Gasteiger partial charge in [0.2, 0.25) is 11.8 Å². The van der Waals surface area contributed by atoms with Gasteiger partial charge in [-0.05, 0) is 23.8 Å². The molecule has 0 saturated carbocycles. The van der Waals surface area contributed by atoms with E-state index in [0.29, 0.717) is 26.2 Å². The molecule has 1 aromatic carbocycles. The minimum atomic E-state index is -0.438. The predicted molar refractivity (Wildman–Crippen MR) is 112 cm³/mol. The smallest absolute Gasteiger partial charge is 0.247 e. The highest BCUT2D eigenvalue weighted by Gasteiger charge is 2.42. The van der Waals surface area contributed by atoms with Crippen molar-refractivity contribution in [2.45, 2.75) is 19.1 Å². The van der Waals surface area contributed by atoms with Gasteiger partial charge in [0.25, 0.3) is 0 Å². The van der Waals surface area contributed by atoms with E-state index in [1.165, 1.54) is 0 Å². The zero-order valence-electron chi connectivity index (χ0n) is 16.6. The summed E-state index contributed by atoms with van der Waals surface area (Å²) in [6, 6.07) is 15.4. The summed E-state index contributed by atoms with van der Waals surface area (Å²) >= 11 is 0. The molecule has 4 heterocycles. The van der Waals surface area contributed by atoms with Crippen LogP contribution in [0.1, 0.15) is 11.3 Å². The van der Waals surface area contributed by atoms with Crippen molar-refractivity contribution < 1.29 is 9.59 Å². The van der Waals surface area contributed by atoms with Gasteiger partial charge < -0.3 is 9.80 Å². The van der Waals surface area contributed by atoms with Crippen molar-refractivity contribution in [3.63, 3.8) is 0 Å². The normalized spacial score (nSPS) is 19.9. The summed E-state index contributed by atoms with van der Waals surface area (Å²) in [6.45, 7) is 3.05. The standard InChI is InChI=1S/C23H23N5O2/c29-21-16-27(14-19-8-1-2-9-24-19)23(30)20-15-26(11-12-28(20)21)13-18-6-3-5-17-7-4-10-25-22(17)18/h1-10,20H,11-16H2. The van der Waals surface area contributed by atoms with E-state index in [1.807, 2.05) is 36.5 Å². The first kappa shape index (κ1) is 18.7. The second kappa shape index (κ2) is 7.84. The molecule has 30 heavy (non-hydrogen) atoms. The number of piperazine rings is 2. The highest BCUT2D eigenvalue weighted by molar-refractivity contribution is 5.95. The molecule has 152 valence electrons. The van der Waals surface area contributed by atoms with Crippen LogP contribution in [0.5, 0.6) is 0 Å². The summed E-state index contributed by atoms with van der Waals surface area (Å²) in [6.07, 6.45) is 3.51. The molecule has 0 radical (unpaired) electrons. The predicted octanol–water partition coefficient (Wildman–Crippen LogP) is 1.68. The number of para-hydroxylation sites is 1. The number of fused-ring (bicyclic) bond motifs is 2. The molecule has 2 aliphatic rings. The summed E-state index contributed by atoms with van der Waals surface area (Å²) in [4.78, 5) is 40.4. The Kier molecular flexibility index (Phi) is 4.88. The first-order valence-electron chi connectivity index (χ1n) is 10.2. The van der Waals surface area contributed by atoms with Gasteiger partial charge in [0.1, 0.15) is 12.6 Å². The van der Waals surface area contributed by atoms with Crippen molar-refractivity contribution in [3.8, 4) is 0 Å². The van der Waals surface area contributed by atoms with E-state index < -0.39 is 6.04 Å². The van der Waals surface area contributed by atoms with Gasteiger partial charge in [-0.2, -0.15) is 0 Å². The number of aromatic nitrogens is 2. The van der Waals surface area contributed by atoms with Gasteiger partial charge in [0.15, 0.2) is 0 Å².